The normalized spacial score (nSPS) is 15.0. The topological polar surface area (TPSA) is 147 Å². The molecule has 3 N–H and O–H groups in total. The molecule has 3 aromatic heterocycles. The molecule has 0 radical (unpaired) electrons. The molecule has 0 amide bonds. The van der Waals surface area contributed by atoms with Gasteiger partial charge in [-0.15, -0.1) is 11.3 Å². The van der Waals surface area contributed by atoms with Crippen LogP contribution in [0.5, 0.6) is 0 Å². The number of thiophene rings is 1. The number of H-pyrrole nitrogens is 1. The van der Waals surface area contributed by atoms with Crippen LogP contribution in [0.3, 0.4) is 0 Å². The van der Waals surface area contributed by atoms with Crippen molar-refractivity contribution in [3.8, 4) is 21.8 Å². The van der Waals surface area contributed by atoms with Gasteiger partial charge in [0.15, 0.2) is 5.82 Å². The summed E-state index contributed by atoms with van der Waals surface area (Å²) < 4.78 is 23.8. The maximum absolute atomic E-state index is 13.5. The van der Waals surface area contributed by atoms with E-state index in [2.05, 4.69) is 15.5 Å². The first-order valence-corrected chi connectivity index (χ1v) is 13.3. The summed E-state index contributed by atoms with van der Waals surface area (Å²) in [6, 6.07) is 8.94. The average Bonchev–Trinajstić information content (AvgIpc) is 3.70. The number of carboxylic acid groups (broad SMARTS) is 1. The van der Waals surface area contributed by atoms with Crippen molar-refractivity contribution in [2.24, 2.45) is 0 Å². The number of carboxylic acids is 1. The number of carbonyl (C=O) groups is 2. The zero-order chi connectivity index (χ0) is 27.5. The second-order valence-corrected chi connectivity index (χ2v) is 10.1. The van der Waals surface area contributed by atoms with E-state index >= 15 is 0 Å². The fourth-order valence-corrected chi connectivity index (χ4v) is 5.66. The molecule has 5 rings (SSSR count). The van der Waals surface area contributed by atoms with E-state index in [9.17, 15) is 23.9 Å². The highest BCUT2D eigenvalue weighted by Gasteiger charge is 2.33. The Hall–Kier alpha value is -4.16. The highest BCUT2D eigenvalue weighted by atomic mass is 32.1. The Morgan fingerprint density at radius 3 is 2.59 bits per heavy atom. The lowest BCUT2D eigenvalue weighted by Crippen LogP contribution is -2.22. The average molecular weight is 553 g/mol. The fourth-order valence-electron chi connectivity index (χ4n) is 4.76. The van der Waals surface area contributed by atoms with Gasteiger partial charge in [-0.3, -0.25) is 14.5 Å². The maximum Gasteiger partial charge on any atom is 0.439 e. The molecule has 4 heterocycles. The van der Waals surface area contributed by atoms with E-state index in [1.807, 2.05) is 0 Å². The minimum atomic E-state index is -1.11. The van der Waals surface area contributed by atoms with Gasteiger partial charge in [0.2, 0.25) is 0 Å². The summed E-state index contributed by atoms with van der Waals surface area (Å²) in [6.45, 7) is 2.55. The number of hydrogen-bond acceptors (Lipinski definition) is 9. The lowest BCUT2D eigenvalue weighted by molar-refractivity contribution is 0.0524. The summed E-state index contributed by atoms with van der Waals surface area (Å²) in [5.41, 5.74) is 2.74. The molecule has 0 bridgehead atoms. The van der Waals surface area contributed by atoms with Gasteiger partial charge < -0.3 is 15.2 Å². The zero-order valence-corrected chi connectivity index (χ0v) is 21.8. The van der Waals surface area contributed by atoms with Gasteiger partial charge >= 0.3 is 17.7 Å². The first kappa shape index (κ1) is 26.4. The summed E-state index contributed by atoms with van der Waals surface area (Å²) in [7, 11) is 0. The molecule has 1 fully saturated rings. The lowest BCUT2D eigenvalue weighted by atomic mass is 9.91. The molecule has 10 nitrogen and oxygen atoms in total. The molecule has 202 valence electrons. The molecule has 0 unspecified atom stereocenters. The van der Waals surface area contributed by atoms with Gasteiger partial charge in [0, 0.05) is 10.4 Å². The van der Waals surface area contributed by atoms with Crippen LogP contribution in [0.25, 0.3) is 21.8 Å². The minimum absolute atomic E-state index is 0.0540. The summed E-state index contributed by atoms with van der Waals surface area (Å²) in [6.07, 6.45) is 2.45. The monoisotopic (exact) mass is 552 g/mol. The molecule has 0 spiro atoms. The van der Waals surface area contributed by atoms with Gasteiger partial charge in [-0.2, -0.15) is 0 Å². The molecule has 0 saturated carbocycles. The maximum atomic E-state index is 13.5. The van der Waals surface area contributed by atoms with Crippen molar-refractivity contribution in [1.29, 1.82) is 0 Å². The first-order chi connectivity index (χ1) is 18.9. The van der Waals surface area contributed by atoms with Crippen LogP contribution in [0.1, 0.15) is 62.8 Å². The number of aromatic nitrogens is 3. The molecule has 1 aliphatic rings. The molecular formula is C27H25FN4O6S. The number of nitrogens with one attached hydrogen (secondary N) is 2. The summed E-state index contributed by atoms with van der Waals surface area (Å²) in [5, 5.41) is 16.9. The largest absolute Gasteiger partial charge is 0.477 e. The highest BCUT2D eigenvalue weighted by molar-refractivity contribution is 7.17. The van der Waals surface area contributed by atoms with Crippen LogP contribution >= 0.6 is 11.3 Å². The molecular weight excluding hydrogens is 527 g/mol. The third-order valence-electron chi connectivity index (χ3n) is 6.47. The quantitative estimate of drug-likeness (QED) is 0.257. The van der Waals surface area contributed by atoms with E-state index in [1.165, 1.54) is 18.2 Å². The second kappa shape index (κ2) is 11.3. The van der Waals surface area contributed by atoms with Crippen LogP contribution < -0.4 is 11.1 Å². The van der Waals surface area contributed by atoms with Gasteiger partial charge in [-0.05, 0) is 69.0 Å². The van der Waals surface area contributed by atoms with E-state index in [0.29, 0.717) is 40.2 Å². The number of benzene rings is 1. The Morgan fingerprint density at radius 1 is 1.18 bits per heavy atom. The van der Waals surface area contributed by atoms with Crippen LogP contribution in [-0.4, -0.2) is 45.3 Å². The van der Waals surface area contributed by atoms with E-state index in [1.54, 1.807) is 25.1 Å². The Bertz CT molecular complexity index is 1570. The third-order valence-corrected chi connectivity index (χ3v) is 7.56. The van der Waals surface area contributed by atoms with Crippen molar-refractivity contribution < 1.29 is 28.3 Å². The van der Waals surface area contributed by atoms with Crippen LogP contribution in [0, 0.1) is 5.82 Å². The van der Waals surface area contributed by atoms with Gasteiger partial charge in [0.25, 0.3) is 0 Å². The number of pyridine rings is 1. The van der Waals surface area contributed by atoms with Crippen molar-refractivity contribution in [2.45, 2.75) is 38.6 Å². The number of halogens is 1. The van der Waals surface area contributed by atoms with Crippen LogP contribution in [0.4, 0.5) is 4.39 Å². The van der Waals surface area contributed by atoms with E-state index < -0.39 is 17.7 Å². The second-order valence-electron chi connectivity index (χ2n) is 8.98. The number of hydrogen-bond donors (Lipinski definition) is 3. The highest BCUT2D eigenvalue weighted by Crippen LogP contribution is 2.43. The third kappa shape index (κ3) is 5.52. The summed E-state index contributed by atoms with van der Waals surface area (Å²) in [4.78, 5) is 45.3. The number of nitrogens with zero attached hydrogens (tertiary/aromatic N) is 2. The van der Waals surface area contributed by atoms with E-state index in [-0.39, 0.29) is 34.7 Å². The predicted molar refractivity (Wildman–Crippen MR) is 140 cm³/mol. The molecule has 39 heavy (non-hydrogen) atoms. The molecule has 4 aromatic rings. The number of aryl methyl sites for hydroxylation is 2. The molecule has 1 atom stereocenters. The van der Waals surface area contributed by atoms with E-state index in [4.69, 9.17) is 14.2 Å². The van der Waals surface area contributed by atoms with Gasteiger partial charge in [0.1, 0.15) is 10.7 Å². The Morgan fingerprint density at radius 2 is 1.97 bits per heavy atom. The number of rotatable bonds is 9. The van der Waals surface area contributed by atoms with Gasteiger partial charge in [0.05, 0.1) is 35.2 Å². The summed E-state index contributed by atoms with van der Waals surface area (Å²) >= 11 is 0.988. The zero-order valence-electron chi connectivity index (χ0n) is 21.0. The van der Waals surface area contributed by atoms with Gasteiger partial charge in [-0.1, -0.05) is 17.3 Å². The predicted octanol–water partition coefficient (Wildman–Crippen LogP) is 4.38. The Balaban J connectivity index is 1.79. The van der Waals surface area contributed by atoms with Crippen molar-refractivity contribution >= 4 is 23.3 Å². The smallest absolute Gasteiger partial charge is 0.439 e. The SMILES string of the molecule is CCOC(=O)c1c([C@@H]2CCCN2)nc(CCc2ccc(F)cc2)c(-c2noc(=O)[nH]2)c1-c1ccc(C(=O)O)s1. The lowest BCUT2D eigenvalue weighted by Gasteiger charge is -2.22. The molecule has 1 aliphatic heterocycles. The van der Waals surface area contributed by atoms with Crippen molar-refractivity contribution in [3.63, 3.8) is 0 Å². The van der Waals surface area contributed by atoms with Gasteiger partial charge in [-0.25, -0.2) is 18.8 Å². The molecule has 1 aromatic carbocycles. The molecule has 12 heteroatoms. The van der Waals surface area contributed by atoms with Crippen LogP contribution in [0.2, 0.25) is 0 Å². The minimum Gasteiger partial charge on any atom is -0.477 e. The fraction of sp³-hybridized carbons (Fsp3) is 0.296. The van der Waals surface area contributed by atoms with Crippen LogP contribution in [0.15, 0.2) is 45.7 Å². The van der Waals surface area contributed by atoms with Crippen molar-refractivity contribution in [3.05, 3.63) is 80.2 Å². The summed E-state index contributed by atoms with van der Waals surface area (Å²) in [5.74, 6) is -2.81. The number of aromatic carboxylic acids is 1. The molecule has 0 aliphatic carbocycles. The van der Waals surface area contributed by atoms with Crippen molar-refractivity contribution in [1.82, 2.24) is 20.4 Å². The number of ether oxygens (including phenoxy) is 1. The van der Waals surface area contributed by atoms with E-state index in [0.717, 1.165) is 36.3 Å². The molecule has 1 saturated heterocycles. The first-order valence-electron chi connectivity index (χ1n) is 12.5. The Kier molecular flexibility index (Phi) is 7.66. The Labute approximate surface area is 225 Å². The standard InChI is InChI=1S/C27H25FN4O6S/c1-2-37-26(35)22-21(18-11-12-19(39-18)25(33)34)20(24-31-27(36)38-32-24)16(30-23(22)17-4-3-13-29-17)10-7-14-5-8-15(28)9-6-14/h5-6,8-9,11-12,17,29H,2-4,7,10,13H2,1H3,(H,33,34)(H,31,32,36)/t17-/m0/s1. The number of esters is 1. The van der Waals surface area contributed by atoms with Crippen molar-refractivity contribution in [2.75, 3.05) is 13.2 Å². The number of aromatic amines is 1. The van der Waals surface area contributed by atoms with Crippen LogP contribution in [-0.2, 0) is 17.6 Å². The number of carbonyl (C=O) groups excluding carboxylic acids is 1.